The molecule has 0 fully saturated rings. The van der Waals surface area contributed by atoms with Crippen molar-refractivity contribution in [3.05, 3.63) is 69.8 Å². The van der Waals surface area contributed by atoms with Gasteiger partial charge in [-0.1, -0.05) is 51.0 Å². The molecule has 0 aliphatic rings. The molecule has 5 heteroatoms. The fraction of sp³-hybridized carbons (Fsp3) is 0.464. The van der Waals surface area contributed by atoms with E-state index in [4.69, 9.17) is 4.98 Å². The van der Waals surface area contributed by atoms with Crippen LogP contribution in [-0.2, 0) is 4.79 Å². The Bertz CT molecular complexity index is 1180. The maximum atomic E-state index is 13.7. The average Bonchev–Trinajstić information content (AvgIpc) is 2.81. The van der Waals surface area contributed by atoms with Crippen LogP contribution in [0, 0.1) is 19.8 Å². The second-order valence-corrected chi connectivity index (χ2v) is 8.97. The summed E-state index contributed by atoms with van der Waals surface area (Å²) in [6.45, 7) is 12.8. The molecule has 3 aromatic rings. The Labute approximate surface area is 197 Å². The smallest absolute Gasteiger partial charge is 0.266 e. The number of hydrogen-bond acceptors (Lipinski definition) is 3. The van der Waals surface area contributed by atoms with E-state index in [2.05, 4.69) is 13.8 Å². The third-order valence-corrected chi connectivity index (χ3v) is 6.62. The molecule has 3 rings (SSSR count). The zero-order valence-electron chi connectivity index (χ0n) is 20.9. The highest BCUT2D eigenvalue weighted by Gasteiger charge is 2.29. The lowest BCUT2D eigenvalue weighted by Crippen LogP contribution is -2.40. The number of unbranched alkanes of at least 4 members (excludes halogenated alkanes) is 1. The molecule has 0 radical (unpaired) electrons. The molecule has 5 nitrogen and oxygen atoms in total. The number of fused-ring (bicyclic) bond motifs is 1. The minimum Gasteiger partial charge on any atom is -0.333 e. The van der Waals surface area contributed by atoms with Crippen LogP contribution in [0.5, 0.6) is 0 Å². The van der Waals surface area contributed by atoms with Crippen LogP contribution >= 0.6 is 0 Å². The van der Waals surface area contributed by atoms with Gasteiger partial charge in [0.25, 0.3) is 5.56 Å². The molecule has 0 bridgehead atoms. The normalized spacial score (nSPS) is 13.2. The van der Waals surface area contributed by atoms with Crippen LogP contribution in [-0.4, -0.2) is 26.9 Å². The lowest BCUT2D eigenvalue weighted by molar-refractivity contribution is -0.138. The Hall–Kier alpha value is -2.95. The maximum absolute atomic E-state index is 13.7. The number of aryl methyl sites for hydroxylation is 2. The quantitative estimate of drug-likeness (QED) is 0.396. The number of amides is 1. The number of benzene rings is 2. The Balaban J connectivity index is 2.21. The first-order chi connectivity index (χ1) is 15.8. The standard InChI is InChI=1S/C28H37N3O2/c1-7-10-13-22(8-2)27(32)30(9-3)21(6)26-29-24-15-12-11-14-23(24)28(33)31(26)25-18-19(4)16-17-20(25)5/h11-12,14-18,21-22H,7-10,13H2,1-6H3. The zero-order valence-corrected chi connectivity index (χ0v) is 20.9. The molecule has 2 unspecified atom stereocenters. The third-order valence-electron chi connectivity index (χ3n) is 6.62. The van der Waals surface area contributed by atoms with E-state index in [1.54, 1.807) is 4.57 Å². The van der Waals surface area contributed by atoms with Crippen molar-refractivity contribution in [1.29, 1.82) is 0 Å². The predicted molar refractivity (Wildman–Crippen MR) is 136 cm³/mol. The van der Waals surface area contributed by atoms with Gasteiger partial charge in [0, 0.05) is 12.5 Å². The lowest BCUT2D eigenvalue weighted by Gasteiger charge is -2.32. The molecule has 0 spiro atoms. The highest BCUT2D eigenvalue weighted by atomic mass is 16.2. The summed E-state index contributed by atoms with van der Waals surface area (Å²) in [4.78, 5) is 34.1. The van der Waals surface area contributed by atoms with E-state index >= 15 is 0 Å². The van der Waals surface area contributed by atoms with Gasteiger partial charge in [-0.05, 0) is 69.9 Å². The van der Waals surface area contributed by atoms with Crippen molar-refractivity contribution in [3.8, 4) is 5.69 Å². The Morgan fingerprint density at radius 3 is 2.48 bits per heavy atom. The van der Waals surface area contributed by atoms with Gasteiger partial charge in [-0.15, -0.1) is 0 Å². The highest BCUT2D eigenvalue weighted by Crippen LogP contribution is 2.27. The first kappa shape index (κ1) is 24.7. The summed E-state index contributed by atoms with van der Waals surface area (Å²) < 4.78 is 1.72. The van der Waals surface area contributed by atoms with E-state index in [9.17, 15) is 9.59 Å². The molecule has 0 aliphatic carbocycles. The number of rotatable bonds is 9. The number of carbonyl (C=O) groups is 1. The van der Waals surface area contributed by atoms with Crippen molar-refractivity contribution in [3.63, 3.8) is 0 Å². The van der Waals surface area contributed by atoms with E-state index in [0.717, 1.165) is 42.5 Å². The molecular weight excluding hydrogens is 410 g/mol. The van der Waals surface area contributed by atoms with Gasteiger partial charge >= 0.3 is 0 Å². The Morgan fingerprint density at radius 1 is 1.09 bits per heavy atom. The molecule has 0 aliphatic heterocycles. The molecular formula is C28H37N3O2. The number of nitrogens with zero attached hydrogens (tertiary/aromatic N) is 3. The molecule has 2 atom stereocenters. The van der Waals surface area contributed by atoms with Crippen molar-refractivity contribution in [2.75, 3.05) is 6.54 Å². The van der Waals surface area contributed by atoms with Crippen LogP contribution in [0.15, 0.2) is 47.3 Å². The summed E-state index contributed by atoms with van der Waals surface area (Å²) in [5.74, 6) is 0.748. The molecule has 0 saturated carbocycles. The molecule has 0 N–H and O–H groups in total. The van der Waals surface area contributed by atoms with Gasteiger partial charge in [0.2, 0.25) is 5.91 Å². The SMILES string of the molecule is CCCCC(CC)C(=O)N(CC)C(C)c1nc2ccccc2c(=O)n1-c1cc(C)ccc1C. The lowest BCUT2D eigenvalue weighted by atomic mass is 9.97. The van der Waals surface area contributed by atoms with E-state index in [0.29, 0.717) is 23.3 Å². The summed E-state index contributed by atoms with van der Waals surface area (Å²) in [6, 6.07) is 13.2. The molecule has 1 aromatic heterocycles. The van der Waals surface area contributed by atoms with Gasteiger partial charge in [0.15, 0.2) is 0 Å². The topological polar surface area (TPSA) is 55.2 Å². The van der Waals surface area contributed by atoms with Crippen molar-refractivity contribution >= 4 is 16.8 Å². The number of para-hydroxylation sites is 1. The average molecular weight is 448 g/mol. The van der Waals surface area contributed by atoms with Crippen LogP contribution < -0.4 is 5.56 Å². The minimum atomic E-state index is -0.338. The second kappa shape index (κ2) is 10.8. The van der Waals surface area contributed by atoms with E-state index in [-0.39, 0.29) is 23.4 Å². The largest absolute Gasteiger partial charge is 0.333 e. The summed E-state index contributed by atoms with van der Waals surface area (Å²) in [5.41, 5.74) is 3.45. The highest BCUT2D eigenvalue weighted by molar-refractivity contribution is 5.80. The van der Waals surface area contributed by atoms with Crippen LogP contribution in [0.3, 0.4) is 0 Å². The van der Waals surface area contributed by atoms with Gasteiger partial charge in [-0.3, -0.25) is 14.2 Å². The van der Waals surface area contributed by atoms with Crippen molar-refractivity contribution in [2.24, 2.45) is 5.92 Å². The summed E-state index contributed by atoms with van der Waals surface area (Å²) in [5, 5.41) is 0.582. The van der Waals surface area contributed by atoms with Crippen LogP contribution in [0.1, 0.15) is 76.4 Å². The summed E-state index contributed by atoms with van der Waals surface area (Å²) >= 11 is 0. The van der Waals surface area contributed by atoms with Crippen LogP contribution in [0.2, 0.25) is 0 Å². The van der Waals surface area contributed by atoms with Crippen molar-refractivity contribution < 1.29 is 4.79 Å². The number of hydrogen-bond donors (Lipinski definition) is 0. The van der Waals surface area contributed by atoms with Crippen LogP contribution in [0.4, 0.5) is 0 Å². The predicted octanol–water partition coefficient (Wildman–Crippen LogP) is 6.13. The number of aromatic nitrogens is 2. The van der Waals surface area contributed by atoms with E-state index in [1.807, 2.05) is 75.1 Å². The number of carbonyl (C=O) groups excluding carboxylic acids is 1. The van der Waals surface area contributed by atoms with E-state index < -0.39 is 0 Å². The van der Waals surface area contributed by atoms with Gasteiger partial charge < -0.3 is 4.90 Å². The molecule has 0 saturated heterocycles. The zero-order chi connectivity index (χ0) is 24.1. The van der Waals surface area contributed by atoms with Gasteiger partial charge in [0.05, 0.1) is 22.6 Å². The minimum absolute atomic E-state index is 0.00585. The van der Waals surface area contributed by atoms with Gasteiger partial charge in [0.1, 0.15) is 5.82 Å². The molecule has 33 heavy (non-hydrogen) atoms. The fourth-order valence-corrected chi connectivity index (χ4v) is 4.57. The van der Waals surface area contributed by atoms with Crippen molar-refractivity contribution in [1.82, 2.24) is 14.5 Å². The summed E-state index contributed by atoms with van der Waals surface area (Å²) in [6.07, 6.45) is 3.82. The molecule has 1 amide bonds. The fourth-order valence-electron chi connectivity index (χ4n) is 4.57. The van der Waals surface area contributed by atoms with Crippen molar-refractivity contribution in [2.45, 2.75) is 73.3 Å². The molecule has 176 valence electrons. The third kappa shape index (κ3) is 5.02. The molecule has 2 aromatic carbocycles. The van der Waals surface area contributed by atoms with Gasteiger partial charge in [-0.25, -0.2) is 4.98 Å². The summed E-state index contributed by atoms with van der Waals surface area (Å²) in [7, 11) is 0. The Morgan fingerprint density at radius 2 is 1.82 bits per heavy atom. The first-order valence-corrected chi connectivity index (χ1v) is 12.2. The monoisotopic (exact) mass is 447 g/mol. The first-order valence-electron chi connectivity index (χ1n) is 12.2. The second-order valence-electron chi connectivity index (χ2n) is 8.97. The molecule has 1 heterocycles. The van der Waals surface area contributed by atoms with Gasteiger partial charge in [-0.2, -0.15) is 0 Å². The van der Waals surface area contributed by atoms with Crippen LogP contribution in [0.25, 0.3) is 16.6 Å². The van der Waals surface area contributed by atoms with E-state index in [1.165, 1.54) is 0 Å². The maximum Gasteiger partial charge on any atom is 0.266 e. The Kier molecular flexibility index (Phi) is 8.06.